The molecule has 4 heteroatoms. The summed E-state index contributed by atoms with van der Waals surface area (Å²) < 4.78 is 0. The van der Waals surface area contributed by atoms with Gasteiger partial charge in [-0.1, -0.05) is 6.07 Å². The van der Waals surface area contributed by atoms with Crippen molar-refractivity contribution in [3.05, 3.63) is 48.0 Å². The van der Waals surface area contributed by atoms with Crippen LogP contribution in [0.25, 0.3) is 0 Å². The highest BCUT2D eigenvalue weighted by Crippen LogP contribution is 2.27. The molecule has 1 fully saturated rings. The number of aromatic nitrogens is 3. The van der Waals surface area contributed by atoms with Gasteiger partial charge in [-0.05, 0) is 38.0 Å². The van der Waals surface area contributed by atoms with Crippen molar-refractivity contribution < 1.29 is 0 Å². The molecule has 1 unspecified atom stereocenters. The van der Waals surface area contributed by atoms with E-state index in [-0.39, 0.29) is 0 Å². The fraction of sp³-hybridized carbons (Fsp3) is 0.400. The first-order valence-electron chi connectivity index (χ1n) is 6.78. The Morgan fingerprint density at radius 1 is 1.16 bits per heavy atom. The first kappa shape index (κ1) is 12.1. The molecule has 0 bridgehead atoms. The van der Waals surface area contributed by atoms with Gasteiger partial charge < -0.3 is 4.90 Å². The molecule has 19 heavy (non-hydrogen) atoms. The summed E-state index contributed by atoms with van der Waals surface area (Å²) in [6.45, 7) is 4.04. The van der Waals surface area contributed by atoms with Gasteiger partial charge in [0.15, 0.2) is 0 Å². The third-order valence-corrected chi connectivity index (χ3v) is 3.58. The quantitative estimate of drug-likeness (QED) is 0.826. The lowest BCUT2D eigenvalue weighted by Crippen LogP contribution is -2.35. The van der Waals surface area contributed by atoms with Crippen molar-refractivity contribution >= 4 is 5.95 Å². The minimum Gasteiger partial charge on any atom is -0.340 e. The number of anilines is 1. The zero-order valence-corrected chi connectivity index (χ0v) is 11.2. The van der Waals surface area contributed by atoms with Gasteiger partial charge in [-0.2, -0.15) is 0 Å². The molecule has 1 aliphatic heterocycles. The summed E-state index contributed by atoms with van der Waals surface area (Å²) in [5, 5.41) is 0. The fourth-order valence-electron chi connectivity index (χ4n) is 2.65. The molecule has 1 aliphatic rings. The van der Waals surface area contributed by atoms with Crippen LogP contribution >= 0.6 is 0 Å². The number of hydrogen-bond donors (Lipinski definition) is 0. The highest BCUT2D eigenvalue weighted by Gasteiger charge is 2.23. The highest BCUT2D eigenvalue weighted by molar-refractivity contribution is 5.31. The number of rotatable bonds is 2. The summed E-state index contributed by atoms with van der Waals surface area (Å²) in [4.78, 5) is 15.6. The Kier molecular flexibility index (Phi) is 3.40. The zero-order chi connectivity index (χ0) is 13.1. The fourth-order valence-corrected chi connectivity index (χ4v) is 2.65. The largest absolute Gasteiger partial charge is 0.340 e. The number of piperidine rings is 1. The van der Waals surface area contributed by atoms with Crippen molar-refractivity contribution in [1.29, 1.82) is 0 Å². The minimum absolute atomic E-state index is 0.484. The van der Waals surface area contributed by atoms with Gasteiger partial charge in [-0.25, -0.2) is 9.97 Å². The molecule has 0 amide bonds. The van der Waals surface area contributed by atoms with Gasteiger partial charge in [0.1, 0.15) is 0 Å². The lowest BCUT2D eigenvalue weighted by atomic mass is 9.94. The van der Waals surface area contributed by atoms with Crippen molar-refractivity contribution in [2.24, 2.45) is 0 Å². The van der Waals surface area contributed by atoms with E-state index in [0.29, 0.717) is 5.92 Å². The Balaban J connectivity index is 1.78. The van der Waals surface area contributed by atoms with Crippen molar-refractivity contribution in [1.82, 2.24) is 15.0 Å². The Morgan fingerprint density at radius 2 is 2.00 bits per heavy atom. The molecule has 0 saturated carbocycles. The van der Waals surface area contributed by atoms with Gasteiger partial charge in [0, 0.05) is 42.8 Å². The average Bonchev–Trinajstić information content (AvgIpc) is 2.48. The summed E-state index contributed by atoms with van der Waals surface area (Å²) in [6, 6.07) is 8.13. The van der Waals surface area contributed by atoms with E-state index in [9.17, 15) is 0 Å². The minimum atomic E-state index is 0.484. The van der Waals surface area contributed by atoms with Crippen molar-refractivity contribution in [2.45, 2.75) is 25.7 Å². The molecule has 0 N–H and O–H groups in total. The SMILES string of the molecule is Cc1cccc(C2CCCN(c3ncccn3)C2)n1. The molecule has 98 valence electrons. The lowest BCUT2D eigenvalue weighted by molar-refractivity contribution is 0.494. The van der Waals surface area contributed by atoms with Crippen molar-refractivity contribution in [3.63, 3.8) is 0 Å². The van der Waals surface area contributed by atoms with Crippen LogP contribution in [0.1, 0.15) is 30.1 Å². The van der Waals surface area contributed by atoms with Gasteiger partial charge in [-0.15, -0.1) is 0 Å². The zero-order valence-electron chi connectivity index (χ0n) is 11.2. The summed E-state index contributed by atoms with van der Waals surface area (Å²) in [6.07, 6.45) is 5.96. The van der Waals surface area contributed by atoms with E-state index < -0.39 is 0 Å². The van der Waals surface area contributed by atoms with Gasteiger partial charge in [-0.3, -0.25) is 4.98 Å². The second-order valence-electron chi connectivity index (χ2n) is 5.04. The Hall–Kier alpha value is -1.97. The van der Waals surface area contributed by atoms with Crippen LogP contribution in [0.15, 0.2) is 36.7 Å². The van der Waals surface area contributed by atoms with Gasteiger partial charge in [0.25, 0.3) is 0 Å². The Bertz CT molecular complexity index is 541. The van der Waals surface area contributed by atoms with Gasteiger partial charge in [0.2, 0.25) is 5.95 Å². The Labute approximate surface area is 113 Å². The van der Waals surface area contributed by atoms with Crippen LogP contribution in [0.5, 0.6) is 0 Å². The maximum atomic E-state index is 4.66. The monoisotopic (exact) mass is 254 g/mol. The summed E-state index contributed by atoms with van der Waals surface area (Å²) in [7, 11) is 0. The molecule has 2 aromatic heterocycles. The van der Waals surface area contributed by atoms with Crippen LogP contribution in [0.2, 0.25) is 0 Å². The van der Waals surface area contributed by atoms with Crippen molar-refractivity contribution in [2.75, 3.05) is 18.0 Å². The molecule has 3 rings (SSSR count). The normalized spacial score (nSPS) is 19.4. The molecule has 0 radical (unpaired) electrons. The van der Waals surface area contributed by atoms with Gasteiger partial charge in [0.05, 0.1) is 0 Å². The molecule has 0 spiro atoms. The number of aryl methyl sites for hydroxylation is 1. The van der Waals surface area contributed by atoms with E-state index in [0.717, 1.165) is 24.7 Å². The molecule has 3 heterocycles. The van der Waals surface area contributed by atoms with E-state index in [4.69, 9.17) is 0 Å². The first-order valence-corrected chi connectivity index (χ1v) is 6.78. The summed E-state index contributed by atoms with van der Waals surface area (Å²) in [5.74, 6) is 1.32. The van der Waals surface area contributed by atoms with Crippen LogP contribution in [0, 0.1) is 6.92 Å². The molecule has 4 nitrogen and oxygen atoms in total. The third kappa shape index (κ3) is 2.72. The predicted molar refractivity (Wildman–Crippen MR) is 75.2 cm³/mol. The van der Waals surface area contributed by atoms with E-state index in [1.165, 1.54) is 18.5 Å². The van der Waals surface area contributed by atoms with Crippen LogP contribution in [0.3, 0.4) is 0 Å². The predicted octanol–water partition coefficient (Wildman–Crippen LogP) is 2.56. The third-order valence-electron chi connectivity index (χ3n) is 3.58. The van der Waals surface area contributed by atoms with E-state index in [1.54, 1.807) is 12.4 Å². The summed E-state index contributed by atoms with van der Waals surface area (Å²) >= 11 is 0. The smallest absolute Gasteiger partial charge is 0.225 e. The molecule has 1 saturated heterocycles. The average molecular weight is 254 g/mol. The van der Waals surface area contributed by atoms with E-state index >= 15 is 0 Å². The summed E-state index contributed by atoms with van der Waals surface area (Å²) in [5.41, 5.74) is 2.28. The second kappa shape index (κ2) is 5.34. The number of pyridine rings is 1. The maximum Gasteiger partial charge on any atom is 0.225 e. The van der Waals surface area contributed by atoms with Gasteiger partial charge >= 0.3 is 0 Å². The van der Waals surface area contributed by atoms with Crippen LogP contribution < -0.4 is 4.90 Å². The molecule has 0 aromatic carbocycles. The molecular weight excluding hydrogens is 236 g/mol. The van der Waals surface area contributed by atoms with Crippen LogP contribution in [-0.2, 0) is 0 Å². The number of hydrogen-bond acceptors (Lipinski definition) is 4. The molecule has 2 aromatic rings. The topological polar surface area (TPSA) is 41.9 Å². The second-order valence-corrected chi connectivity index (χ2v) is 5.04. The van der Waals surface area contributed by atoms with E-state index in [2.05, 4.69) is 32.0 Å². The molecule has 1 atom stereocenters. The van der Waals surface area contributed by atoms with Crippen molar-refractivity contribution in [3.8, 4) is 0 Å². The lowest BCUT2D eigenvalue weighted by Gasteiger charge is -2.32. The first-order chi connectivity index (χ1) is 9.33. The number of nitrogens with zero attached hydrogens (tertiary/aromatic N) is 4. The maximum absolute atomic E-state index is 4.66. The molecular formula is C15H18N4. The van der Waals surface area contributed by atoms with E-state index in [1.807, 2.05) is 19.1 Å². The van der Waals surface area contributed by atoms with Crippen LogP contribution in [-0.4, -0.2) is 28.0 Å². The van der Waals surface area contributed by atoms with Crippen LogP contribution in [0.4, 0.5) is 5.95 Å². The highest BCUT2D eigenvalue weighted by atomic mass is 15.2. The standard InChI is InChI=1S/C15H18N4/c1-12-5-2-7-14(18-12)13-6-3-10-19(11-13)15-16-8-4-9-17-15/h2,4-5,7-9,13H,3,6,10-11H2,1H3. The Morgan fingerprint density at radius 3 is 2.79 bits per heavy atom. The molecule has 0 aliphatic carbocycles.